The number of aryl methyl sites for hydroxylation is 2. The second kappa shape index (κ2) is 10.1. The summed E-state index contributed by atoms with van der Waals surface area (Å²) in [7, 11) is 1.93. The van der Waals surface area contributed by atoms with Crippen LogP contribution >= 0.6 is 11.9 Å². The highest BCUT2D eigenvalue weighted by Gasteiger charge is 2.12. The van der Waals surface area contributed by atoms with Gasteiger partial charge in [0.05, 0.1) is 12.3 Å². The number of anilines is 2. The van der Waals surface area contributed by atoms with E-state index in [2.05, 4.69) is 47.1 Å². The molecule has 7 heteroatoms. The SMILES string of the molecule is CNCCCOc1cc(-c2c(C)cccc2C)nc(NSc2cccc(N)c2)n1. The Morgan fingerprint density at radius 1 is 1.03 bits per heavy atom. The second-order valence-corrected chi connectivity index (χ2v) is 7.64. The van der Waals surface area contributed by atoms with Crippen molar-refractivity contribution in [1.29, 1.82) is 0 Å². The van der Waals surface area contributed by atoms with Gasteiger partial charge in [-0.1, -0.05) is 24.3 Å². The minimum atomic E-state index is 0.501. The van der Waals surface area contributed by atoms with Crippen molar-refractivity contribution >= 4 is 23.6 Å². The molecular weight excluding hydrogens is 382 g/mol. The lowest BCUT2D eigenvalue weighted by Crippen LogP contribution is -2.12. The maximum Gasteiger partial charge on any atom is 0.237 e. The number of hydrogen-bond acceptors (Lipinski definition) is 7. The lowest BCUT2D eigenvalue weighted by atomic mass is 10.00. The summed E-state index contributed by atoms with van der Waals surface area (Å²) in [6.07, 6.45) is 0.903. The summed E-state index contributed by atoms with van der Waals surface area (Å²) < 4.78 is 9.13. The quantitative estimate of drug-likeness (QED) is 0.273. The number of rotatable bonds is 9. The summed E-state index contributed by atoms with van der Waals surface area (Å²) in [4.78, 5) is 10.3. The van der Waals surface area contributed by atoms with E-state index in [0.717, 1.165) is 34.8 Å². The summed E-state index contributed by atoms with van der Waals surface area (Å²) in [6.45, 7) is 5.66. The molecule has 0 aliphatic heterocycles. The zero-order valence-corrected chi connectivity index (χ0v) is 17.8. The molecule has 0 aliphatic rings. The highest BCUT2D eigenvalue weighted by Crippen LogP contribution is 2.30. The van der Waals surface area contributed by atoms with Crippen LogP contribution in [0.3, 0.4) is 0 Å². The molecular formula is C22H27N5OS. The Hall–Kier alpha value is -2.77. The Bertz CT molecular complexity index is 943. The standard InChI is InChI=1S/C22H27N5OS/c1-15-7-4-8-16(2)21(15)19-14-20(28-12-6-11-24-3)26-22(25-19)27-29-18-10-5-9-17(23)13-18/h4-5,7-10,13-14,24H,6,11-12,23H2,1-3H3,(H,25,26,27). The van der Waals surface area contributed by atoms with Gasteiger partial charge in [0.2, 0.25) is 11.8 Å². The van der Waals surface area contributed by atoms with Crippen molar-refractivity contribution in [2.24, 2.45) is 0 Å². The van der Waals surface area contributed by atoms with Gasteiger partial charge in [-0.15, -0.1) is 0 Å². The second-order valence-electron chi connectivity index (χ2n) is 6.76. The first-order valence-corrected chi connectivity index (χ1v) is 10.4. The van der Waals surface area contributed by atoms with Crippen molar-refractivity contribution in [3.05, 3.63) is 59.7 Å². The van der Waals surface area contributed by atoms with Crippen molar-refractivity contribution in [3.8, 4) is 17.1 Å². The molecule has 0 saturated heterocycles. The zero-order valence-electron chi connectivity index (χ0n) is 17.0. The van der Waals surface area contributed by atoms with Crippen molar-refractivity contribution in [1.82, 2.24) is 15.3 Å². The third-order valence-corrected chi connectivity index (χ3v) is 5.15. The molecule has 4 N–H and O–H groups in total. The van der Waals surface area contributed by atoms with Gasteiger partial charge in [-0.05, 0) is 75.1 Å². The Kier molecular flexibility index (Phi) is 7.32. The van der Waals surface area contributed by atoms with Crippen LogP contribution in [0.1, 0.15) is 17.5 Å². The third-order valence-electron chi connectivity index (χ3n) is 4.38. The van der Waals surface area contributed by atoms with Crippen LogP contribution in [-0.4, -0.2) is 30.2 Å². The first kappa shape index (κ1) is 21.0. The van der Waals surface area contributed by atoms with Crippen LogP contribution in [0.25, 0.3) is 11.3 Å². The van der Waals surface area contributed by atoms with E-state index in [1.165, 1.54) is 23.1 Å². The molecule has 0 bridgehead atoms. The summed E-state index contributed by atoms with van der Waals surface area (Å²) in [6, 6.07) is 15.8. The predicted molar refractivity (Wildman–Crippen MR) is 121 cm³/mol. The molecule has 1 heterocycles. The van der Waals surface area contributed by atoms with Crippen LogP contribution in [0.15, 0.2) is 53.4 Å². The smallest absolute Gasteiger partial charge is 0.237 e. The van der Waals surface area contributed by atoms with E-state index >= 15 is 0 Å². The average Bonchev–Trinajstić information content (AvgIpc) is 2.70. The number of benzene rings is 2. The molecule has 0 aliphatic carbocycles. The van der Waals surface area contributed by atoms with E-state index in [9.17, 15) is 0 Å². The monoisotopic (exact) mass is 409 g/mol. The van der Waals surface area contributed by atoms with Gasteiger partial charge in [0.1, 0.15) is 0 Å². The minimum absolute atomic E-state index is 0.501. The molecule has 0 atom stereocenters. The summed E-state index contributed by atoms with van der Waals surface area (Å²) >= 11 is 1.42. The van der Waals surface area contributed by atoms with Gasteiger partial charge in [-0.2, -0.15) is 4.98 Å². The van der Waals surface area contributed by atoms with E-state index in [1.54, 1.807) is 0 Å². The number of hydrogen-bond donors (Lipinski definition) is 3. The molecule has 0 spiro atoms. The number of nitrogens with zero attached hydrogens (tertiary/aromatic N) is 2. The molecule has 0 unspecified atom stereocenters. The number of nitrogens with two attached hydrogens (primary N) is 1. The van der Waals surface area contributed by atoms with Crippen LogP contribution in [-0.2, 0) is 0 Å². The average molecular weight is 410 g/mol. The Morgan fingerprint density at radius 3 is 2.52 bits per heavy atom. The molecule has 0 fully saturated rings. The van der Waals surface area contributed by atoms with Gasteiger partial charge < -0.3 is 15.8 Å². The van der Waals surface area contributed by atoms with E-state index in [-0.39, 0.29) is 0 Å². The zero-order chi connectivity index (χ0) is 20.6. The fourth-order valence-corrected chi connectivity index (χ4v) is 3.64. The van der Waals surface area contributed by atoms with Gasteiger partial charge in [0.15, 0.2) is 0 Å². The van der Waals surface area contributed by atoms with Crippen LogP contribution in [0, 0.1) is 13.8 Å². The molecule has 3 aromatic rings. The van der Waals surface area contributed by atoms with Crippen LogP contribution < -0.4 is 20.5 Å². The number of aromatic nitrogens is 2. The fourth-order valence-electron chi connectivity index (χ4n) is 3.00. The fraction of sp³-hybridized carbons (Fsp3) is 0.273. The number of ether oxygens (including phenoxy) is 1. The van der Waals surface area contributed by atoms with Gasteiger partial charge in [0, 0.05) is 22.2 Å². The predicted octanol–water partition coefficient (Wildman–Crippen LogP) is 4.45. The maximum atomic E-state index is 5.90. The van der Waals surface area contributed by atoms with Crippen molar-refractivity contribution < 1.29 is 4.74 Å². The maximum absolute atomic E-state index is 5.90. The molecule has 0 radical (unpaired) electrons. The Labute approximate surface area is 176 Å². The summed E-state index contributed by atoms with van der Waals surface area (Å²) in [5.41, 5.74) is 10.9. The van der Waals surface area contributed by atoms with E-state index < -0.39 is 0 Å². The van der Waals surface area contributed by atoms with Crippen molar-refractivity contribution in [2.45, 2.75) is 25.2 Å². The van der Waals surface area contributed by atoms with Crippen LogP contribution in [0.5, 0.6) is 5.88 Å². The van der Waals surface area contributed by atoms with E-state index in [4.69, 9.17) is 15.5 Å². The van der Waals surface area contributed by atoms with Crippen LogP contribution in [0.4, 0.5) is 11.6 Å². The summed E-state index contributed by atoms with van der Waals surface area (Å²) in [5.74, 6) is 1.06. The Morgan fingerprint density at radius 2 is 1.79 bits per heavy atom. The molecule has 0 saturated carbocycles. The lowest BCUT2D eigenvalue weighted by Gasteiger charge is -2.13. The number of nitrogen functional groups attached to an aromatic ring is 1. The first-order chi connectivity index (χ1) is 14.1. The van der Waals surface area contributed by atoms with Crippen LogP contribution in [0.2, 0.25) is 0 Å². The van der Waals surface area contributed by atoms with Gasteiger partial charge in [0.25, 0.3) is 0 Å². The normalized spacial score (nSPS) is 10.7. The topological polar surface area (TPSA) is 85.1 Å². The number of nitrogens with one attached hydrogen (secondary N) is 2. The van der Waals surface area contributed by atoms with Crippen molar-refractivity contribution in [2.75, 3.05) is 30.7 Å². The molecule has 2 aromatic carbocycles. The van der Waals surface area contributed by atoms with Gasteiger partial charge in [-0.3, -0.25) is 4.72 Å². The molecule has 1 aromatic heterocycles. The highest BCUT2D eigenvalue weighted by molar-refractivity contribution is 8.00. The molecule has 0 amide bonds. The Balaban J connectivity index is 1.87. The molecule has 152 valence electrons. The first-order valence-electron chi connectivity index (χ1n) is 9.58. The highest BCUT2D eigenvalue weighted by atomic mass is 32.2. The largest absolute Gasteiger partial charge is 0.477 e. The van der Waals surface area contributed by atoms with Crippen molar-refractivity contribution in [3.63, 3.8) is 0 Å². The molecule has 6 nitrogen and oxygen atoms in total. The van der Waals surface area contributed by atoms with Gasteiger partial charge >= 0.3 is 0 Å². The lowest BCUT2D eigenvalue weighted by molar-refractivity contribution is 0.298. The minimum Gasteiger partial charge on any atom is -0.477 e. The molecule has 3 rings (SSSR count). The van der Waals surface area contributed by atoms with E-state index in [1.807, 2.05) is 37.4 Å². The third kappa shape index (κ3) is 5.85. The van der Waals surface area contributed by atoms with Gasteiger partial charge in [-0.25, -0.2) is 4.98 Å². The molecule has 29 heavy (non-hydrogen) atoms. The van der Waals surface area contributed by atoms with E-state index in [0.29, 0.717) is 18.4 Å². The summed E-state index contributed by atoms with van der Waals surface area (Å²) in [5, 5.41) is 3.12.